The van der Waals surface area contributed by atoms with Crippen LogP contribution in [-0.2, 0) is 11.2 Å². The minimum Gasteiger partial charge on any atom is -0.489 e. The highest BCUT2D eigenvalue weighted by Gasteiger charge is 2.20. The molecule has 1 aliphatic heterocycles. The number of carbonyl (C=O) groups excluding carboxylic acids is 1. The molecule has 0 fully saturated rings. The Hall–Kier alpha value is -2.75. The number of carbonyl (C=O) groups is 1. The van der Waals surface area contributed by atoms with Gasteiger partial charge in [0.05, 0.1) is 6.54 Å². The van der Waals surface area contributed by atoms with Crippen molar-refractivity contribution in [3.8, 4) is 5.75 Å². The Morgan fingerprint density at radius 1 is 1.21 bits per heavy atom. The van der Waals surface area contributed by atoms with Gasteiger partial charge in [-0.25, -0.2) is 0 Å². The van der Waals surface area contributed by atoms with Crippen LogP contribution < -0.4 is 15.0 Å². The van der Waals surface area contributed by atoms with Crippen LogP contribution in [0.4, 0.5) is 11.4 Å². The molecule has 0 bridgehead atoms. The third-order valence-electron chi connectivity index (χ3n) is 3.94. The largest absolute Gasteiger partial charge is 0.489 e. The number of nitrogens with one attached hydrogen (secondary N) is 1. The molecule has 4 heteroatoms. The zero-order valence-corrected chi connectivity index (χ0v) is 13.9. The standard InChI is InChI=1S/C20H22N2O2/c1-15(2)14-24-18-9-7-17(8-10-18)21-20(23)13-22-12-11-16-5-3-4-6-19(16)22/h3-10H,1,11-14H2,2H3,(H,21,23). The number of para-hydroxylation sites is 1. The van der Waals surface area contributed by atoms with Gasteiger partial charge in [-0.3, -0.25) is 4.79 Å². The molecule has 1 aliphatic rings. The highest BCUT2D eigenvalue weighted by molar-refractivity contribution is 5.94. The zero-order chi connectivity index (χ0) is 16.9. The molecule has 24 heavy (non-hydrogen) atoms. The van der Waals surface area contributed by atoms with E-state index in [9.17, 15) is 4.79 Å². The van der Waals surface area contributed by atoms with Gasteiger partial charge in [-0.2, -0.15) is 0 Å². The Morgan fingerprint density at radius 3 is 2.71 bits per heavy atom. The summed E-state index contributed by atoms with van der Waals surface area (Å²) in [6.45, 7) is 7.48. The summed E-state index contributed by atoms with van der Waals surface area (Å²) in [5, 5.41) is 2.94. The minimum atomic E-state index is -0.0118. The smallest absolute Gasteiger partial charge is 0.243 e. The average molecular weight is 322 g/mol. The molecule has 0 unspecified atom stereocenters. The summed E-state index contributed by atoms with van der Waals surface area (Å²) in [5.41, 5.74) is 4.22. The number of anilines is 2. The minimum absolute atomic E-state index is 0.0118. The van der Waals surface area contributed by atoms with E-state index in [-0.39, 0.29) is 5.91 Å². The number of benzene rings is 2. The second-order valence-electron chi connectivity index (χ2n) is 6.12. The average Bonchev–Trinajstić information content (AvgIpc) is 2.97. The van der Waals surface area contributed by atoms with Crippen molar-refractivity contribution in [3.63, 3.8) is 0 Å². The summed E-state index contributed by atoms with van der Waals surface area (Å²) in [6, 6.07) is 15.7. The van der Waals surface area contributed by atoms with Gasteiger partial charge in [0.2, 0.25) is 5.91 Å². The van der Waals surface area contributed by atoms with Crippen LogP contribution in [0.1, 0.15) is 12.5 Å². The summed E-state index contributed by atoms with van der Waals surface area (Å²) >= 11 is 0. The van der Waals surface area contributed by atoms with Crippen molar-refractivity contribution in [2.24, 2.45) is 0 Å². The summed E-state index contributed by atoms with van der Waals surface area (Å²) in [5.74, 6) is 0.756. The molecule has 0 saturated heterocycles. The molecule has 1 N–H and O–H groups in total. The fraction of sp³-hybridized carbons (Fsp3) is 0.250. The van der Waals surface area contributed by atoms with Crippen molar-refractivity contribution in [3.05, 3.63) is 66.2 Å². The van der Waals surface area contributed by atoms with Gasteiger partial charge >= 0.3 is 0 Å². The number of fused-ring (bicyclic) bond motifs is 1. The summed E-state index contributed by atoms with van der Waals surface area (Å²) in [7, 11) is 0. The number of hydrogen-bond acceptors (Lipinski definition) is 3. The Balaban J connectivity index is 1.55. The number of nitrogens with zero attached hydrogens (tertiary/aromatic N) is 1. The van der Waals surface area contributed by atoms with E-state index in [1.54, 1.807) is 0 Å². The predicted molar refractivity (Wildman–Crippen MR) is 97.7 cm³/mol. The van der Waals surface area contributed by atoms with Crippen LogP contribution in [0.15, 0.2) is 60.7 Å². The maximum absolute atomic E-state index is 12.3. The molecule has 2 aromatic rings. The lowest BCUT2D eigenvalue weighted by atomic mass is 10.2. The van der Waals surface area contributed by atoms with Crippen molar-refractivity contribution < 1.29 is 9.53 Å². The molecule has 2 aromatic carbocycles. The number of rotatable bonds is 6. The van der Waals surface area contributed by atoms with Gasteiger partial charge in [0.1, 0.15) is 12.4 Å². The van der Waals surface area contributed by atoms with Crippen molar-refractivity contribution >= 4 is 17.3 Å². The highest BCUT2D eigenvalue weighted by Crippen LogP contribution is 2.27. The maximum atomic E-state index is 12.3. The fourth-order valence-corrected chi connectivity index (χ4v) is 2.79. The highest BCUT2D eigenvalue weighted by atomic mass is 16.5. The first kappa shape index (κ1) is 16.1. The van der Waals surface area contributed by atoms with E-state index in [4.69, 9.17) is 4.74 Å². The molecule has 0 aliphatic carbocycles. The van der Waals surface area contributed by atoms with Gasteiger partial charge in [-0.1, -0.05) is 24.8 Å². The van der Waals surface area contributed by atoms with Gasteiger partial charge in [-0.15, -0.1) is 0 Å². The first-order valence-electron chi connectivity index (χ1n) is 8.12. The number of amides is 1. The third kappa shape index (κ3) is 3.96. The van der Waals surface area contributed by atoms with Crippen LogP contribution in [0, 0.1) is 0 Å². The molecule has 1 amide bonds. The fourth-order valence-electron chi connectivity index (χ4n) is 2.79. The molecule has 0 radical (unpaired) electrons. The lowest BCUT2D eigenvalue weighted by Gasteiger charge is -2.18. The third-order valence-corrected chi connectivity index (χ3v) is 3.94. The van der Waals surface area contributed by atoms with Crippen LogP contribution in [0.2, 0.25) is 0 Å². The molecular weight excluding hydrogens is 300 g/mol. The summed E-state index contributed by atoms with van der Waals surface area (Å²) < 4.78 is 5.55. The lowest BCUT2D eigenvalue weighted by Crippen LogP contribution is -2.31. The van der Waals surface area contributed by atoms with Crippen LogP contribution in [0.5, 0.6) is 5.75 Å². The number of hydrogen-bond donors (Lipinski definition) is 1. The monoisotopic (exact) mass is 322 g/mol. The van der Waals surface area contributed by atoms with Crippen LogP contribution in [0.25, 0.3) is 0 Å². The van der Waals surface area contributed by atoms with Crippen molar-refractivity contribution in [1.29, 1.82) is 0 Å². The normalized spacial score (nSPS) is 12.6. The van der Waals surface area contributed by atoms with Gasteiger partial charge in [-0.05, 0) is 54.8 Å². The molecule has 0 saturated carbocycles. The van der Waals surface area contributed by atoms with E-state index in [2.05, 4.69) is 28.9 Å². The second kappa shape index (κ2) is 7.21. The first-order chi connectivity index (χ1) is 11.6. The molecule has 0 atom stereocenters. The van der Waals surface area contributed by atoms with Gasteiger partial charge in [0.25, 0.3) is 0 Å². The van der Waals surface area contributed by atoms with Crippen LogP contribution >= 0.6 is 0 Å². The van der Waals surface area contributed by atoms with E-state index < -0.39 is 0 Å². The SMILES string of the molecule is C=C(C)COc1ccc(NC(=O)CN2CCc3ccccc32)cc1. The van der Waals surface area contributed by atoms with Gasteiger partial charge in [0, 0.05) is 17.9 Å². The molecule has 0 aromatic heterocycles. The van der Waals surface area contributed by atoms with E-state index in [1.807, 2.05) is 43.3 Å². The molecule has 1 heterocycles. The topological polar surface area (TPSA) is 41.6 Å². The van der Waals surface area contributed by atoms with Gasteiger partial charge in [0.15, 0.2) is 0 Å². The van der Waals surface area contributed by atoms with E-state index >= 15 is 0 Å². The molecular formula is C20H22N2O2. The van der Waals surface area contributed by atoms with Crippen molar-refractivity contribution in [2.75, 3.05) is 29.9 Å². The van der Waals surface area contributed by atoms with Crippen LogP contribution in [-0.4, -0.2) is 25.6 Å². The van der Waals surface area contributed by atoms with Gasteiger partial charge < -0.3 is 15.0 Å². The lowest BCUT2D eigenvalue weighted by molar-refractivity contribution is -0.115. The second-order valence-corrected chi connectivity index (χ2v) is 6.12. The van der Waals surface area contributed by atoms with Crippen molar-refractivity contribution in [2.45, 2.75) is 13.3 Å². The predicted octanol–water partition coefficient (Wildman–Crippen LogP) is 3.64. The first-order valence-corrected chi connectivity index (χ1v) is 8.12. The number of ether oxygens (including phenoxy) is 1. The van der Waals surface area contributed by atoms with E-state index in [0.717, 1.165) is 35.7 Å². The maximum Gasteiger partial charge on any atom is 0.243 e. The molecule has 4 nitrogen and oxygen atoms in total. The molecule has 0 spiro atoms. The molecule has 3 rings (SSSR count). The Labute approximate surface area is 142 Å². The zero-order valence-electron chi connectivity index (χ0n) is 13.9. The van der Waals surface area contributed by atoms with E-state index in [0.29, 0.717) is 13.2 Å². The Bertz CT molecular complexity index is 738. The molecule has 124 valence electrons. The Kier molecular flexibility index (Phi) is 4.85. The van der Waals surface area contributed by atoms with Crippen molar-refractivity contribution in [1.82, 2.24) is 0 Å². The summed E-state index contributed by atoms with van der Waals surface area (Å²) in [6.07, 6.45) is 0.998. The summed E-state index contributed by atoms with van der Waals surface area (Å²) in [4.78, 5) is 14.4. The quantitative estimate of drug-likeness (QED) is 0.826. The van der Waals surface area contributed by atoms with E-state index in [1.165, 1.54) is 5.56 Å². The Morgan fingerprint density at radius 2 is 1.96 bits per heavy atom. The van der Waals surface area contributed by atoms with Crippen LogP contribution in [0.3, 0.4) is 0 Å².